The lowest BCUT2D eigenvalue weighted by atomic mass is 10.2. The molecule has 0 amide bonds. The van der Waals surface area contributed by atoms with Crippen molar-refractivity contribution in [2.75, 3.05) is 11.4 Å². The third kappa shape index (κ3) is 5.70. The average molecular weight is 279 g/mol. The molecule has 1 aromatic carbocycles. The normalized spacial score (nSPS) is 12.6. The maximum Gasteiger partial charge on any atom is 0.0416 e. The van der Waals surface area contributed by atoms with Crippen molar-refractivity contribution >= 4 is 5.69 Å². The van der Waals surface area contributed by atoms with Gasteiger partial charge < -0.3 is 4.90 Å². The van der Waals surface area contributed by atoms with Gasteiger partial charge in [-0.1, -0.05) is 55.2 Å². The van der Waals surface area contributed by atoms with Gasteiger partial charge in [0.05, 0.1) is 0 Å². The van der Waals surface area contributed by atoms with Gasteiger partial charge in [0.2, 0.25) is 0 Å². The Morgan fingerprint density at radius 1 is 1.14 bits per heavy atom. The molecule has 1 nitrogen and oxygen atoms in total. The predicted molar refractivity (Wildman–Crippen MR) is 95.6 cm³/mol. The molecular formula is C20H25N. The first-order valence-corrected chi connectivity index (χ1v) is 7.30. The summed E-state index contributed by atoms with van der Waals surface area (Å²) in [6, 6.07) is 8.52. The van der Waals surface area contributed by atoms with Gasteiger partial charge in [-0.25, -0.2) is 0 Å². The van der Waals surface area contributed by atoms with E-state index in [1.165, 1.54) is 11.3 Å². The minimum absolute atomic E-state index is 0.809. The number of allylic oxidation sites excluding steroid dienone is 7. The maximum atomic E-state index is 3.95. The van der Waals surface area contributed by atoms with E-state index in [-0.39, 0.29) is 0 Å². The van der Waals surface area contributed by atoms with Crippen molar-refractivity contribution in [3.05, 3.63) is 90.7 Å². The van der Waals surface area contributed by atoms with E-state index in [4.69, 9.17) is 0 Å². The van der Waals surface area contributed by atoms with E-state index in [0.29, 0.717) is 0 Å². The number of aryl methyl sites for hydroxylation is 1. The molecule has 0 heterocycles. The molecule has 0 aromatic heterocycles. The average Bonchev–Trinajstić information content (AvgIpc) is 2.49. The highest BCUT2D eigenvalue weighted by Gasteiger charge is 2.07. The van der Waals surface area contributed by atoms with Crippen LogP contribution in [0, 0.1) is 6.92 Å². The molecule has 1 rings (SSSR count). The third-order valence-corrected chi connectivity index (χ3v) is 3.02. The van der Waals surface area contributed by atoms with Crippen LogP contribution in [0.1, 0.15) is 19.4 Å². The Morgan fingerprint density at radius 3 is 2.52 bits per heavy atom. The quantitative estimate of drug-likeness (QED) is 0.589. The zero-order valence-corrected chi connectivity index (χ0v) is 13.3. The van der Waals surface area contributed by atoms with Gasteiger partial charge in [0.25, 0.3) is 0 Å². The number of rotatable bonds is 7. The molecule has 0 saturated heterocycles. The Morgan fingerprint density at radius 2 is 1.90 bits per heavy atom. The maximum absolute atomic E-state index is 3.95. The van der Waals surface area contributed by atoms with Crippen LogP contribution >= 0.6 is 0 Å². The van der Waals surface area contributed by atoms with Crippen molar-refractivity contribution in [3.8, 4) is 0 Å². The molecule has 0 saturated carbocycles. The van der Waals surface area contributed by atoms with Crippen LogP contribution in [-0.2, 0) is 0 Å². The number of hydrogen-bond donors (Lipinski definition) is 0. The molecule has 0 bridgehead atoms. The minimum Gasteiger partial charge on any atom is -0.338 e. The fraction of sp³-hybridized carbons (Fsp3) is 0.200. The second-order valence-electron chi connectivity index (χ2n) is 4.72. The fourth-order valence-corrected chi connectivity index (χ4v) is 1.97. The van der Waals surface area contributed by atoms with Gasteiger partial charge >= 0.3 is 0 Å². The lowest BCUT2D eigenvalue weighted by Gasteiger charge is -2.24. The van der Waals surface area contributed by atoms with Crippen molar-refractivity contribution in [2.45, 2.75) is 20.8 Å². The molecule has 1 heteroatoms. The summed E-state index contributed by atoms with van der Waals surface area (Å²) >= 11 is 0. The number of benzene rings is 1. The van der Waals surface area contributed by atoms with Crippen molar-refractivity contribution in [1.29, 1.82) is 0 Å². The second kappa shape index (κ2) is 9.60. The summed E-state index contributed by atoms with van der Waals surface area (Å²) in [5.74, 6) is 0. The zero-order chi connectivity index (χ0) is 15.5. The number of anilines is 1. The Balaban J connectivity index is 3.12. The predicted octanol–water partition coefficient (Wildman–Crippen LogP) is 5.58. The van der Waals surface area contributed by atoms with E-state index in [9.17, 15) is 0 Å². The summed E-state index contributed by atoms with van der Waals surface area (Å²) in [5, 5.41) is 0. The van der Waals surface area contributed by atoms with Crippen LogP contribution in [0.3, 0.4) is 0 Å². The van der Waals surface area contributed by atoms with Crippen LogP contribution in [0.25, 0.3) is 0 Å². The standard InChI is InChI=1S/C20H25N/c1-5-8-10-11-16-21(19(7-3)14-9-6-2)20-15-12-13-18(4)17-20/h5-15,17H,3,16H2,1-2,4H3/b8-5-,9-6-,11-10-,19-14+. The molecule has 0 unspecified atom stereocenters. The number of nitrogens with zero attached hydrogens (tertiary/aromatic N) is 1. The van der Waals surface area contributed by atoms with Crippen molar-refractivity contribution < 1.29 is 0 Å². The van der Waals surface area contributed by atoms with Crippen molar-refractivity contribution in [1.82, 2.24) is 0 Å². The topological polar surface area (TPSA) is 3.24 Å². The minimum atomic E-state index is 0.809. The van der Waals surface area contributed by atoms with Gasteiger partial charge in [-0.2, -0.15) is 0 Å². The fourth-order valence-electron chi connectivity index (χ4n) is 1.97. The Hall–Kier alpha value is -2.28. The summed E-state index contributed by atoms with van der Waals surface area (Å²) in [7, 11) is 0. The van der Waals surface area contributed by atoms with E-state index in [1.54, 1.807) is 0 Å². The van der Waals surface area contributed by atoms with Crippen molar-refractivity contribution in [2.24, 2.45) is 0 Å². The molecule has 0 aliphatic rings. The largest absolute Gasteiger partial charge is 0.338 e. The summed E-state index contributed by atoms with van der Waals surface area (Å²) < 4.78 is 0. The van der Waals surface area contributed by atoms with Crippen LogP contribution < -0.4 is 4.90 Å². The van der Waals surface area contributed by atoms with Gasteiger partial charge in [-0.05, 0) is 50.6 Å². The molecule has 21 heavy (non-hydrogen) atoms. The van der Waals surface area contributed by atoms with E-state index >= 15 is 0 Å². The first-order valence-electron chi connectivity index (χ1n) is 7.30. The first-order chi connectivity index (χ1) is 10.2. The molecule has 0 spiro atoms. The van der Waals surface area contributed by atoms with Crippen LogP contribution in [0.4, 0.5) is 5.69 Å². The van der Waals surface area contributed by atoms with Gasteiger partial charge in [-0.3, -0.25) is 0 Å². The molecule has 0 aliphatic carbocycles. The van der Waals surface area contributed by atoms with Crippen LogP contribution in [0.15, 0.2) is 85.1 Å². The van der Waals surface area contributed by atoms with Crippen molar-refractivity contribution in [3.63, 3.8) is 0 Å². The smallest absolute Gasteiger partial charge is 0.0416 e. The van der Waals surface area contributed by atoms with Gasteiger partial charge in [0.1, 0.15) is 0 Å². The second-order valence-corrected chi connectivity index (χ2v) is 4.72. The highest BCUT2D eigenvalue weighted by molar-refractivity contribution is 5.56. The van der Waals surface area contributed by atoms with Crippen LogP contribution in [0.2, 0.25) is 0 Å². The summed E-state index contributed by atoms with van der Waals surface area (Å²) in [6.07, 6.45) is 16.3. The van der Waals surface area contributed by atoms with E-state index in [2.05, 4.69) is 60.9 Å². The summed E-state index contributed by atoms with van der Waals surface area (Å²) in [4.78, 5) is 2.25. The van der Waals surface area contributed by atoms with Gasteiger partial charge in [0.15, 0.2) is 0 Å². The summed E-state index contributed by atoms with van der Waals surface area (Å²) in [6.45, 7) is 10.9. The highest BCUT2D eigenvalue weighted by atomic mass is 15.1. The molecule has 0 atom stereocenters. The lowest BCUT2D eigenvalue weighted by Crippen LogP contribution is -2.21. The van der Waals surface area contributed by atoms with Crippen LogP contribution in [0.5, 0.6) is 0 Å². The molecule has 1 aromatic rings. The SMILES string of the molecule is C=C/C(=C\C=C/C)N(C/C=C\C=C/C)c1cccc(C)c1. The molecule has 0 aliphatic heterocycles. The van der Waals surface area contributed by atoms with E-state index < -0.39 is 0 Å². The Bertz CT molecular complexity index is 559. The van der Waals surface area contributed by atoms with E-state index in [0.717, 1.165) is 12.2 Å². The Labute approximate surface area is 129 Å². The van der Waals surface area contributed by atoms with Gasteiger partial charge in [0, 0.05) is 17.9 Å². The first kappa shape index (κ1) is 16.8. The molecule has 0 N–H and O–H groups in total. The molecular weight excluding hydrogens is 254 g/mol. The zero-order valence-electron chi connectivity index (χ0n) is 13.3. The molecule has 0 fully saturated rings. The van der Waals surface area contributed by atoms with Crippen LogP contribution in [-0.4, -0.2) is 6.54 Å². The lowest BCUT2D eigenvalue weighted by molar-refractivity contribution is 1.04. The molecule has 0 radical (unpaired) electrons. The number of hydrogen-bond acceptors (Lipinski definition) is 1. The monoisotopic (exact) mass is 279 g/mol. The highest BCUT2D eigenvalue weighted by Crippen LogP contribution is 2.21. The van der Waals surface area contributed by atoms with E-state index in [1.807, 2.05) is 44.2 Å². The van der Waals surface area contributed by atoms with Gasteiger partial charge in [-0.15, -0.1) is 0 Å². The molecule has 110 valence electrons. The third-order valence-electron chi connectivity index (χ3n) is 3.02. The Kier molecular flexibility index (Phi) is 7.67. The summed E-state index contributed by atoms with van der Waals surface area (Å²) in [5.41, 5.74) is 3.52.